The number of aliphatic hydroxyl groups excluding tert-OH is 1. The highest BCUT2D eigenvalue weighted by Gasteiger charge is 2.47. The molecule has 6 nitrogen and oxygen atoms in total. The van der Waals surface area contributed by atoms with E-state index < -0.39 is 35.3 Å². The molecule has 1 heterocycles. The van der Waals surface area contributed by atoms with Crippen LogP contribution in [0.5, 0.6) is 5.75 Å². The van der Waals surface area contributed by atoms with Crippen molar-refractivity contribution in [1.82, 2.24) is 0 Å². The van der Waals surface area contributed by atoms with Crippen molar-refractivity contribution < 1.29 is 28.6 Å². The third-order valence-corrected chi connectivity index (χ3v) is 5.64. The molecule has 7 heteroatoms. The molecule has 1 atom stereocenters. The van der Waals surface area contributed by atoms with Gasteiger partial charge in [-0.2, -0.15) is 0 Å². The second-order valence-corrected chi connectivity index (χ2v) is 7.86. The fraction of sp³-hybridized carbons (Fsp3) is 0.148. The molecule has 1 fully saturated rings. The number of aliphatic hydroxyl groups is 1. The molecule has 1 saturated heterocycles. The van der Waals surface area contributed by atoms with Crippen molar-refractivity contribution in [3.63, 3.8) is 0 Å². The molecule has 172 valence electrons. The summed E-state index contributed by atoms with van der Waals surface area (Å²) >= 11 is 0. The first-order chi connectivity index (χ1) is 16.3. The van der Waals surface area contributed by atoms with E-state index in [1.54, 1.807) is 36.4 Å². The number of ketones is 1. The van der Waals surface area contributed by atoms with Crippen LogP contribution in [0.15, 0.2) is 78.4 Å². The van der Waals surface area contributed by atoms with Crippen LogP contribution in [0.25, 0.3) is 5.76 Å². The maximum Gasteiger partial charge on any atom is 0.308 e. The number of Topliss-reactive ketones (excluding diaryl/α,β-unsaturated/α-hetero) is 1. The monoisotopic (exact) mass is 459 g/mol. The van der Waals surface area contributed by atoms with Crippen molar-refractivity contribution in [2.24, 2.45) is 0 Å². The molecule has 1 amide bonds. The van der Waals surface area contributed by atoms with Crippen LogP contribution in [0.3, 0.4) is 0 Å². The third-order valence-electron chi connectivity index (χ3n) is 5.64. The maximum absolute atomic E-state index is 13.4. The van der Waals surface area contributed by atoms with Crippen LogP contribution in [0, 0.1) is 5.82 Å². The Morgan fingerprint density at radius 1 is 0.971 bits per heavy atom. The molecule has 0 aliphatic carbocycles. The first-order valence-corrected chi connectivity index (χ1v) is 10.7. The first kappa shape index (κ1) is 22.9. The summed E-state index contributed by atoms with van der Waals surface area (Å²) in [7, 11) is 0. The lowest BCUT2D eigenvalue weighted by Gasteiger charge is -2.25. The van der Waals surface area contributed by atoms with Gasteiger partial charge >= 0.3 is 5.97 Å². The Morgan fingerprint density at radius 3 is 2.15 bits per heavy atom. The van der Waals surface area contributed by atoms with Gasteiger partial charge in [-0.15, -0.1) is 0 Å². The van der Waals surface area contributed by atoms with E-state index >= 15 is 0 Å². The Kier molecular flexibility index (Phi) is 6.27. The largest absolute Gasteiger partial charge is 0.507 e. The number of ether oxygens (including phenoxy) is 1. The second-order valence-electron chi connectivity index (χ2n) is 7.86. The number of carbonyl (C=O) groups excluding carboxylic acids is 3. The highest BCUT2D eigenvalue weighted by Crippen LogP contribution is 2.42. The van der Waals surface area contributed by atoms with Gasteiger partial charge in [0, 0.05) is 18.2 Å². The minimum Gasteiger partial charge on any atom is -0.507 e. The van der Waals surface area contributed by atoms with Gasteiger partial charge in [0.1, 0.15) is 17.3 Å². The molecule has 0 saturated carbocycles. The number of aryl methyl sites for hydroxylation is 1. The lowest BCUT2D eigenvalue weighted by atomic mass is 9.95. The van der Waals surface area contributed by atoms with Crippen LogP contribution in [-0.2, 0) is 20.8 Å². The number of amides is 1. The summed E-state index contributed by atoms with van der Waals surface area (Å²) in [6.07, 6.45) is 0.810. The zero-order chi connectivity index (χ0) is 24.4. The number of benzene rings is 3. The number of halogens is 1. The van der Waals surface area contributed by atoms with Gasteiger partial charge in [0.15, 0.2) is 0 Å². The Hall–Kier alpha value is -4.26. The van der Waals surface area contributed by atoms with Gasteiger partial charge < -0.3 is 9.84 Å². The van der Waals surface area contributed by atoms with Gasteiger partial charge in [-0.1, -0.05) is 31.2 Å². The molecule has 4 rings (SSSR count). The molecular formula is C27H22FNO5. The van der Waals surface area contributed by atoms with Crippen molar-refractivity contribution in [1.29, 1.82) is 0 Å². The maximum atomic E-state index is 13.4. The number of nitrogens with zero attached hydrogens (tertiary/aromatic N) is 1. The number of carbonyl (C=O) groups is 3. The van der Waals surface area contributed by atoms with Crippen molar-refractivity contribution in [3.05, 3.63) is 101 Å². The van der Waals surface area contributed by atoms with Crippen LogP contribution in [-0.4, -0.2) is 22.8 Å². The van der Waals surface area contributed by atoms with E-state index in [1.165, 1.54) is 24.0 Å². The van der Waals surface area contributed by atoms with Crippen LogP contribution in [0.4, 0.5) is 10.1 Å². The van der Waals surface area contributed by atoms with Gasteiger partial charge in [0.25, 0.3) is 11.7 Å². The Labute approximate surface area is 195 Å². The summed E-state index contributed by atoms with van der Waals surface area (Å²) in [5.74, 6) is -2.71. The number of anilines is 1. The summed E-state index contributed by atoms with van der Waals surface area (Å²) in [5, 5.41) is 11.0. The number of hydrogen-bond acceptors (Lipinski definition) is 5. The summed E-state index contributed by atoms with van der Waals surface area (Å²) < 4.78 is 18.5. The predicted octanol–water partition coefficient (Wildman–Crippen LogP) is 4.94. The minimum absolute atomic E-state index is 0.114. The zero-order valence-corrected chi connectivity index (χ0v) is 18.6. The summed E-state index contributed by atoms with van der Waals surface area (Å²) in [6, 6.07) is 17.7. The second kappa shape index (κ2) is 9.31. The van der Waals surface area contributed by atoms with E-state index in [-0.39, 0.29) is 11.1 Å². The lowest BCUT2D eigenvalue weighted by Crippen LogP contribution is -2.29. The number of hydrogen-bond donors (Lipinski definition) is 1. The molecule has 0 spiro atoms. The third kappa shape index (κ3) is 4.32. The molecule has 0 radical (unpaired) electrons. The average Bonchev–Trinajstić information content (AvgIpc) is 3.09. The van der Waals surface area contributed by atoms with Gasteiger partial charge in [-0.3, -0.25) is 19.3 Å². The molecule has 3 aromatic rings. The Bertz CT molecular complexity index is 1280. The predicted molar refractivity (Wildman–Crippen MR) is 125 cm³/mol. The van der Waals surface area contributed by atoms with E-state index in [4.69, 9.17) is 4.74 Å². The van der Waals surface area contributed by atoms with Crippen molar-refractivity contribution >= 4 is 29.1 Å². The van der Waals surface area contributed by atoms with Gasteiger partial charge in [-0.05, 0) is 66.1 Å². The Balaban J connectivity index is 1.87. The topological polar surface area (TPSA) is 83.9 Å². The number of rotatable bonds is 5. The molecule has 3 aromatic carbocycles. The molecule has 34 heavy (non-hydrogen) atoms. The summed E-state index contributed by atoms with van der Waals surface area (Å²) in [5.41, 5.74) is 2.18. The molecule has 1 unspecified atom stereocenters. The highest BCUT2D eigenvalue weighted by atomic mass is 19.1. The van der Waals surface area contributed by atoms with E-state index in [2.05, 4.69) is 0 Å². The van der Waals surface area contributed by atoms with Crippen LogP contribution >= 0.6 is 0 Å². The van der Waals surface area contributed by atoms with E-state index in [0.717, 1.165) is 24.1 Å². The standard InChI is InChI=1S/C27H22FNO5/c1-3-17-4-12-21(13-5-17)29-24(18-8-14-22(15-9-18)34-16(2)30)23(26(32)27(29)33)25(31)19-6-10-20(28)11-7-19/h4-15,24,31H,3H2,1-2H3/b25-23+. The minimum atomic E-state index is -0.941. The van der Waals surface area contributed by atoms with Gasteiger partial charge in [0.05, 0.1) is 11.6 Å². The van der Waals surface area contributed by atoms with Crippen molar-refractivity contribution in [2.75, 3.05) is 4.90 Å². The van der Waals surface area contributed by atoms with Crippen molar-refractivity contribution in [3.8, 4) is 5.75 Å². The lowest BCUT2D eigenvalue weighted by molar-refractivity contribution is -0.132. The SMILES string of the molecule is CCc1ccc(N2C(=O)C(=O)/C(=C(/O)c3ccc(F)cc3)C2c2ccc(OC(C)=O)cc2)cc1. The van der Waals surface area contributed by atoms with E-state index in [9.17, 15) is 23.9 Å². The molecule has 0 aromatic heterocycles. The average molecular weight is 459 g/mol. The first-order valence-electron chi connectivity index (χ1n) is 10.7. The van der Waals surface area contributed by atoms with Gasteiger partial charge in [-0.25, -0.2) is 4.39 Å². The van der Waals surface area contributed by atoms with Crippen LogP contribution in [0.2, 0.25) is 0 Å². The van der Waals surface area contributed by atoms with E-state index in [1.807, 2.05) is 19.1 Å². The van der Waals surface area contributed by atoms with Crippen LogP contribution in [0.1, 0.15) is 36.6 Å². The van der Waals surface area contributed by atoms with Crippen molar-refractivity contribution in [2.45, 2.75) is 26.3 Å². The molecule has 1 aliphatic heterocycles. The quantitative estimate of drug-likeness (QED) is 0.192. The molecule has 0 bridgehead atoms. The zero-order valence-electron chi connectivity index (χ0n) is 18.6. The molecule has 1 N–H and O–H groups in total. The fourth-order valence-electron chi connectivity index (χ4n) is 3.95. The number of esters is 1. The summed E-state index contributed by atoms with van der Waals surface area (Å²) in [6.45, 7) is 3.29. The molecule has 1 aliphatic rings. The Morgan fingerprint density at radius 2 is 1.59 bits per heavy atom. The smallest absolute Gasteiger partial charge is 0.308 e. The van der Waals surface area contributed by atoms with E-state index in [0.29, 0.717) is 17.0 Å². The normalized spacial score (nSPS) is 17.1. The van der Waals surface area contributed by atoms with Crippen LogP contribution < -0.4 is 9.64 Å². The van der Waals surface area contributed by atoms with Gasteiger partial charge in [0.2, 0.25) is 0 Å². The summed E-state index contributed by atoms with van der Waals surface area (Å²) in [4.78, 5) is 38.9. The molecular weight excluding hydrogens is 437 g/mol. The fourth-order valence-corrected chi connectivity index (χ4v) is 3.95. The highest BCUT2D eigenvalue weighted by molar-refractivity contribution is 6.51.